The minimum Gasteiger partial charge on any atom is -0.478 e. The van der Waals surface area contributed by atoms with Crippen molar-refractivity contribution in [2.45, 2.75) is 46.5 Å². The van der Waals surface area contributed by atoms with Gasteiger partial charge in [-0.15, -0.1) is 0 Å². The Morgan fingerprint density at radius 2 is 2.13 bits per heavy atom. The third kappa shape index (κ3) is 2.24. The number of rotatable bonds is 3. The molecule has 86 valence electrons. The van der Waals surface area contributed by atoms with Crippen molar-refractivity contribution < 1.29 is 9.90 Å². The molecule has 2 heteroatoms. The van der Waals surface area contributed by atoms with Crippen LogP contribution in [0.5, 0.6) is 0 Å². The number of carboxylic acids is 1. The zero-order valence-electron chi connectivity index (χ0n) is 10.0. The molecule has 0 aromatic rings. The number of hydrogen-bond acceptors (Lipinski definition) is 1. The molecule has 15 heavy (non-hydrogen) atoms. The van der Waals surface area contributed by atoms with Crippen molar-refractivity contribution in [2.24, 2.45) is 17.3 Å². The molecule has 0 heterocycles. The smallest absolute Gasteiger partial charge is 0.331 e. The second-order valence-corrected chi connectivity index (χ2v) is 5.30. The largest absolute Gasteiger partial charge is 0.478 e. The van der Waals surface area contributed by atoms with Gasteiger partial charge in [-0.05, 0) is 24.7 Å². The molecule has 0 aliphatic heterocycles. The first kappa shape index (κ1) is 12.3. The Balaban J connectivity index is 2.97. The molecule has 0 spiro atoms. The van der Waals surface area contributed by atoms with E-state index in [4.69, 9.17) is 5.11 Å². The van der Waals surface area contributed by atoms with Crippen LogP contribution in [0, 0.1) is 17.3 Å². The summed E-state index contributed by atoms with van der Waals surface area (Å²) >= 11 is 0. The lowest BCUT2D eigenvalue weighted by Crippen LogP contribution is -2.37. The van der Waals surface area contributed by atoms with Crippen LogP contribution in [-0.2, 0) is 4.79 Å². The number of carbonyl (C=O) groups is 1. The molecule has 1 saturated carbocycles. The van der Waals surface area contributed by atoms with Gasteiger partial charge in [-0.25, -0.2) is 4.79 Å². The van der Waals surface area contributed by atoms with Crippen molar-refractivity contribution >= 4 is 5.97 Å². The van der Waals surface area contributed by atoms with Gasteiger partial charge in [0.05, 0.1) is 0 Å². The average molecular weight is 210 g/mol. The zero-order valence-corrected chi connectivity index (χ0v) is 10.0. The van der Waals surface area contributed by atoms with E-state index < -0.39 is 5.97 Å². The van der Waals surface area contributed by atoms with E-state index in [1.165, 1.54) is 6.42 Å². The van der Waals surface area contributed by atoms with Crippen LogP contribution in [0.4, 0.5) is 0 Å². The van der Waals surface area contributed by atoms with E-state index in [-0.39, 0.29) is 5.41 Å². The molecule has 0 saturated heterocycles. The van der Waals surface area contributed by atoms with Crippen LogP contribution in [0.2, 0.25) is 0 Å². The summed E-state index contributed by atoms with van der Waals surface area (Å²) in [6, 6.07) is 0. The van der Waals surface area contributed by atoms with Crippen LogP contribution in [0.25, 0.3) is 0 Å². The second kappa shape index (κ2) is 4.38. The highest BCUT2D eigenvalue weighted by Gasteiger charge is 2.42. The van der Waals surface area contributed by atoms with Gasteiger partial charge in [0.2, 0.25) is 0 Å². The van der Waals surface area contributed by atoms with Crippen LogP contribution in [0.1, 0.15) is 46.5 Å². The van der Waals surface area contributed by atoms with Gasteiger partial charge in [-0.1, -0.05) is 40.2 Å². The highest BCUT2D eigenvalue weighted by atomic mass is 16.4. The molecular formula is C13H22O2. The van der Waals surface area contributed by atoms with E-state index in [2.05, 4.69) is 27.4 Å². The summed E-state index contributed by atoms with van der Waals surface area (Å²) in [5, 5.41) is 9.14. The molecular weight excluding hydrogens is 188 g/mol. The van der Waals surface area contributed by atoms with Crippen molar-refractivity contribution in [2.75, 3.05) is 0 Å². The molecule has 0 bridgehead atoms. The maximum Gasteiger partial charge on any atom is 0.331 e. The van der Waals surface area contributed by atoms with Gasteiger partial charge in [-0.3, -0.25) is 0 Å². The van der Waals surface area contributed by atoms with Crippen LogP contribution in [-0.4, -0.2) is 11.1 Å². The third-order valence-electron chi connectivity index (χ3n) is 4.00. The Labute approximate surface area is 92.4 Å². The van der Waals surface area contributed by atoms with E-state index in [1.807, 2.05) is 0 Å². The first-order valence-corrected chi connectivity index (χ1v) is 5.83. The average Bonchev–Trinajstić information content (AvgIpc) is 2.16. The molecule has 0 amide bonds. The number of aliphatic carboxylic acids is 1. The zero-order chi connectivity index (χ0) is 11.6. The summed E-state index contributed by atoms with van der Waals surface area (Å²) in [5.41, 5.74) is 0.257. The summed E-state index contributed by atoms with van der Waals surface area (Å²) in [5.74, 6) is 0.166. The SMILES string of the molecule is C=C(C(=O)O)C1(C(C)C)CCCC(C)C1. The molecule has 1 fully saturated rings. The monoisotopic (exact) mass is 210 g/mol. The van der Waals surface area contributed by atoms with Gasteiger partial charge in [-0.2, -0.15) is 0 Å². The minimum atomic E-state index is -0.821. The first-order chi connectivity index (χ1) is 6.90. The lowest BCUT2D eigenvalue weighted by Gasteiger charge is -2.43. The van der Waals surface area contributed by atoms with Crippen LogP contribution in [0.3, 0.4) is 0 Å². The molecule has 0 radical (unpaired) electrons. The van der Waals surface area contributed by atoms with E-state index in [0.29, 0.717) is 17.4 Å². The van der Waals surface area contributed by atoms with Crippen molar-refractivity contribution in [3.63, 3.8) is 0 Å². The second-order valence-electron chi connectivity index (χ2n) is 5.30. The minimum absolute atomic E-state index is 0.163. The van der Waals surface area contributed by atoms with E-state index in [0.717, 1.165) is 19.3 Å². The summed E-state index contributed by atoms with van der Waals surface area (Å²) in [4.78, 5) is 11.1. The lowest BCUT2D eigenvalue weighted by atomic mass is 9.60. The van der Waals surface area contributed by atoms with Crippen molar-refractivity contribution in [1.29, 1.82) is 0 Å². The molecule has 1 rings (SSSR count). The predicted octanol–water partition coefficient (Wildman–Crippen LogP) is 3.48. The van der Waals surface area contributed by atoms with Crippen LogP contribution in [0.15, 0.2) is 12.2 Å². The summed E-state index contributed by atoms with van der Waals surface area (Å²) in [7, 11) is 0. The molecule has 2 unspecified atom stereocenters. The van der Waals surface area contributed by atoms with Gasteiger partial charge in [0.15, 0.2) is 0 Å². The molecule has 1 N–H and O–H groups in total. The van der Waals surface area contributed by atoms with E-state index in [9.17, 15) is 4.79 Å². The Hall–Kier alpha value is -0.790. The van der Waals surface area contributed by atoms with E-state index in [1.54, 1.807) is 0 Å². The Bertz CT molecular complexity index is 268. The molecule has 2 nitrogen and oxygen atoms in total. The van der Waals surface area contributed by atoms with Gasteiger partial charge in [0.25, 0.3) is 0 Å². The van der Waals surface area contributed by atoms with Crippen LogP contribution < -0.4 is 0 Å². The maximum atomic E-state index is 11.1. The molecule has 0 aromatic heterocycles. The quantitative estimate of drug-likeness (QED) is 0.724. The summed E-state index contributed by atoms with van der Waals surface area (Å²) in [6.45, 7) is 10.3. The molecule has 1 aliphatic rings. The third-order valence-corrected chi connectivity index (χ3v) is 4.00. The van der Waals surface area contributed by atoms with Gasteiger partial charge >= 0.3 is 5.97 Å². The van der Waals surface area contributed by atoms with Crippen molar-refractivity contribution in [3.05, 3.63) is 12.2 Å². The number of hydrogen-bond donors (Lipinski definition) is 1. The van der Waals surface area contributed by atoms with Gasteiger partial charge in [0, 0.05) is 11.0 Å². The van der Waals surface area contributed by atoms with E-state index >= 15 is 0 Å². The first-order valence-electron chi connectivity index (χ1n) is 5.83. The Morgan fingerprint density at radius 1 is 1.53 bits per heavy atom. The van der Waals surface area contributed by atoms with Gasteiger partial charge in [0.1, 0.15) is 0 Å². The highest BCUT2D eigenvalue weighted by molar-refractivity contribution is 5.87. The van der Waals surface area contributed by atoms with Crippen molar-refractivity contribution in [3.8, 4) is 0 Å². The fraction of sp³-hybridized carbons (Fsp3) is 0.769. The normalized spacial score (nSPS) is 31.6. The number of carboxylic acid groups (broad SMARTS) is 1. The standard InChI is InChI=1S/C13H22O2/c1-9(2)13(11(4)12(14)15)7-5-6-10(3)8-13/h9-10H,4-8H2,1-3H3,(H,14,15). The summed E-state index contributed by atoms with van der Waals surface area (Å²) < 4.78 is 0. The Kier molecular flexibility index (Phi) is 3.58. The maximum absolute atomic E-state index is 11.1. The van der Waals surface area contributed by atoms with Gasteiger partial charge < -0.3 is 5.11 Å². The van der Waals surface area contributed by atoms with Crippen molar-refractivity contribution in [1.82, 2.24) is 0 Å². The molecule has 2 atom stereocenters. The topological polar surface area (TPSA) is 37.3 Å². The predicted molar refractivity (Wildman–Crippen MR) is 61.7 cm³/mol. The Morgan fingerprint density at radius 3 is 2.53 bits per heavy atom. The summed E-state index contributed by atoms with van der Waals surface area (Å²) in [6.07, 6.45) is 4.32. The van der Waals surface area contributed by atoms with Crippen LogP contribution >= 0.6 is 0 Å². The fourth-order valence-corrected chi connectivity index (χ4v) is 2.95. The molecule has 1 aliphatic carbocycles. The highest BCUT2D eigenvalue weighted by Crippen LogP contribution is 2.49. The molecule has 0 aromatic carbocycles. The lowest BCUT2D eigenvalue weighted by molar-refractivity contribution is -0.134. The fourth-order valence-electron chi connectivity index (χ4n) is 2.95.